The van der Waals surface area contributed by atoms with Crippen LogP contribution in [0.3, 0.4) is 0 Å². The minimum absolute atomic E-state index is 0.0443. The van der Waals surface area contributed by atoms with Gasteiger partial charge in [0.2, 0.25) is 10.0 Å². The van der Waals surface area contributed by atoms with E-state index >= 15 is 0 Å². The average Bonchev–Trinajstić information content (AvgIpc) is 3.17. The molecule has 1 saturated heterocycles. The molecule has 1 saturated carbocycles. The van der Waals surface area contributed by atoms with Gasteiger partial charge in [0.1, 0.15) is 0 Å². The third-order valence-electron chi connectivity index (χ3n) is 6.28. The number of hydrogen-bond donors (Lipinski definition) is 0. The number of hydrogen-bond acceptors (Lipinski definition) is 4. The Bertz CT molecular complexity index is 765. The number of piperazine rings is 1. The van der Waals surface area contributed by atoms with E-state index in [4.69, 9.17) is 11.6 Å². The van der Waals surface area contributed by atoms with E-state index in [-0.39, 0.29) is 17.1 Å². The van der Waals surface area contributed by atoms with E-state index in [1.165, 1.54) is 12.8 Å². The second-order valence-corrected chi connectivity index (χ2v) is 10.6. The lowest BCUT2D eigenvalue weighted by molar-refractivity contribution is 0.0476. The molecule has 0 spiro atoms. The van der Waals surface area contributed by atoms with Gasteiger partial charge >= 0.3 is 0 Å². The molecule has 156 valence electrons. The summed E-state index contributed by atoms with van der Waals surface area (Å²) in [6, 6.07) is 7.11. The van der Waals surface area contributed by atoms with Crippen LogP contribution >= 0.6 is 11.6 Å². The number of carbonyl (C=O) groups excluding carboxylic acids is 1. The zero-order valence-corrected chi connectivity index (χ0v) is 18.3. The molecule has 1 heterocycles. The van der Waals surface area contributed by atoms with Crippen molar-refractivity contribution < 1.29 is 13.2 Å². The summed E-state index contributed by atoms with van der Waals surface area (Å²) in [7, 11) is -3.12. The molecule has 1 aromatic rings. The van der Waals surface area contributed by atoms with Crippen molar-refractivity contribution in [3.63, 3.8) is 0 Å². The first-order valence-corrected chi connectivity index (χ1v) is 12.4. The molecule has 2 fully saturated rings. The zero-order chi connectivity index (χ0) is 20.2. The molecule has 0 unspecified atom stereocenters. The van der Waals surface area contributed by atoms with Gasteiger partial charge < -0.3 is 0 Å². The number of sulfonamides is 1. The second kappa shape index (κ2) is 9.24. The Morgan fingerprint density at radius 1 is 1.07 bits per heavy atom. The average molecular weight is 427 g/mol. The first kappa shape index (κ1) is 21.8. The van der Waals surface area contributed by atoms with Crippen molar-refractivity contribution in [1.29, 1.82) is 0 Å². The van der Waals surface area contributed by atoms with Gasteiger partial charge in [0.25, 0.3) is 0 Å². The predicted octanol–water partition coefficient (Wildman–Crippen LogP) is 3.97. The lowest BCUT2D eigenvalue weighted by Gasteiger charge is -2.46. The van der Waals surface area contributed by atoms with Crippen LogP contribution in [-0.4, -0.2) is 60.9 Å². The number of benzene rings is 1. The number of rotatable bonds is 8. The molecule has 1 aliphatic carbocycles. The van der Waals surface area contributed by atoms with Crippen LogP contribution in [0, 0.1) is 0 Å². The highest BCUT2D eigenvalue weighted by Gasteiger charge is 2.41. The summed E-state index contributed by atoms with van der Waals surface area (Å²) in [5.41, 5.74) is 0.760. The van der Waals surface area contributed by atoms with Crippen molar-refractivity contribution in [3.05, 3.63) is 34.9 Å². The third kappa shape index (κ3) is 4.96. The van der Waals surface area contributed by atoms with Gasteiger partial charge in [-0.25, -0.2) is 8.42 Å². The zero-order valence-electron chi connectivity index (χ0n) is 16.7. The van der Waals surface area contributed by atoms with E-state index < -0.39 is 10.0 Å². The standard InChI is InChI=1S/C21H31ClN2O3S/c1-2-17-28(26,27)24-15-13-23(14-16-24)21(10-3-4-11-21)12-9-20(25)18-5-7-19(22)8-6-18/h5-8H,2-4,9-17H2,1H3. The molecular weight excluding hydrogens is 396 g/mol. The Morgan fingerprint density at radius 3 is 2.25 bits per heavy atom. The molecule has 5 nitrogen and oxygen atoms in total. The Labute approximate surface area is 174 Å². The van der Waals surface area contributed by atoms with Crippen molar-refractivity contribution in [1.82, 2.24) is 9.21 Å². The lowest BCUT2D eigenvalue weighted by Crippen LogP contribution is -2.57. The minimum atomic E-state index is -3.12. The molecule has 1 aliphatic heterocycles. The topological polar surface area (TPSA) is 57.7 Å². The number of Topliss-reactive ketones (excluding diaryl/α,β-unsaturated/α-hetero) is 1. The quantitative estimate of drug-likeness (QED) is 0.590. The van der Waals surface area contributed by atoms with Crippen molar-refractivity contribution in [2.45, 2.75) is 57.4 Å². The van der Waals surface area contributed by atoms with Crippen molar-refractivity contribution in [2.24, 2.45) is 0 Å². The molecule has 3 rings (SSSR count). The molecule has 0 N–H and O–H groups in total. The maximum absolute atomic E-state index is 12.6. The summed E-state index contributed by atoms with van der Waals surface area (Å²) < 4.78 is 26.3. The molecule has 2 aliphatic rings. The number of ketones is 1. The van der Waals surface area contributed by atoms with Crippen LogP contribution in [0.1, 0.15) is 62.2 Å². The first-order chi connectivity index (χ1) is 13.4. The van der Waals surface area contributed by atoms with Crippen LogP contribution in [0.15, 0.2) is 24.3 Å². The molecule has 28 heavy (non-hydrogen) atoms. The summed E-state index contributed by atoms with van der Waals surface area (Å²) in [6.45, 7) is 4.56. The molecule has 7 heteroatoms. The van der Waals surface area contributed by atoms with Gasteiger partial charge in [-0.3, -0.25) is 9.69 Å². The Hall–Kier alpha value is -0.950. The van der Waals surface area contributed by atoms with E-state index in [0.717, 1.165) is 32.4 Å². The van der Waals surface area contributed by atoms with Gasteiger partial charge in [0, 0.05) is 48.7 Å². The Morgan fingerprint density at radius 2 is 1.68 bits per heavy atom. The molecular formula is C21H31ClN2O3S. The summed E-state index contributed by atoms with van der Waals surface area (Å²) in [6.07, 6.45) is 6.59. The van der Waals surface area contributed by atoms with Gasteiger partial charge in [-0.1, -0.05) is 31.4 Å². The van der Waals surface area contributed by atoms with Crippen LogP contribution in [0.5, 0.6) is 0 Å². The van der Waals surface area contributed by atoms with E-state index in [2.05, 4.69) is 4.90 Å². The maximum atomic E-state index is 12.6. The predicted molar refractivity (Wildman–Crippen MR) is 113 cm³/mol. The lowest BCUT2D eigenvalue weighted by atomic mass is 9.87. The van der Waals surface area contributed by atoms with E-state index in [1.54, 1.807) is 28.6 Å². The van der Waals surface area contributed by atoms with Gasteiger partial charge in [0.05, 0.1) is 5.75 Å². The highest BCUT2D eigenvalue weighted by atomic mass is 35.5. The molecule has 0 bridgehead atoms. The second-order valence-electron chi connectivity index (χ2n) is 8.06. The SMILES string of the molecule is CCCS(=O)(=O)N1CCN(C2(CCC(=O)c3ccc(Cl)cc3)CCCC2)CC1. The molecule has 0 atom stereocenters. The molecule has 0 amide bonds. The fraction of sp³-hybridized carbons (Fsp3) is 0.667. The third-order valence-corrected chi connectivity index (χ3v) is 8.61. The van der Waals surface area contributed by atoms with Gasteiger partial charge in [-0.2, -0.15) is 4.31 Å². The van der Waals surface area contributed by atoms with Gasteiger partial charge in [-0.05, 0) is 49.9 Å². The van der Waals surface area contributed by atoms with Gasteiger partial charge in [0.15, 0.2) is 5.78 Å². The van der Waals surface area contributed by atoms with Crippen molar-refractivity contribution in [2.75, 3.05) is 31.9 Å². The van der Waals surface area contributed by atoms with Crippen LogP contribution < -0.4 is 0 Å². The first-order valence-electron chi connectivity index (χ1n) is 10.4. The van der Waals surface area contributed by atoms with Crippen LogP contribution in [0.2, 0.25) is 5.02 Å². The van der Waals surface area contributed by atoms with E-state index in [9.17, 15) is 13.2 Å². The highest BCUT2D eigenvalue weighted by Crippen LogP contribution is 2.40. The number of nitrogens with zero attached hydrogens (tertiary/aromatic N) is 2. The van der Waals surface area contributed by atoms with E-state index in [0.29, 0.717) is 36.5 Å². The smallest absolute Gasteiger partial charge is 0.214 e. The largest absolute Gasteiger partial charge is 0.295 e. The Balaban J connectivity index is 1.61. The summed E-state index contributed by atoms with van der Waals surface area (Å²) in [5.74, 6) is 0.389. The molecule has 0 aromatic heterocycles. The highest BCUT2D eigenvalue weighted by molar-refractivity contribution is 7.89. The van der Waals surface area contributed by atoms with Gasteiger partial charge in [-0.15, -0.1) is 0 Å². The fourth-order valence-corrected chi connectivity index (χ4v) is 6.33. The Kier molecular flexibility index (Phi) is 7.18. The molecule has 0 radical (unpaired) electrons. The summed E-state index contributed by atoms with van der Waals surface area (Å²) >= 11 is 5.92. The summed E-state index contributed by atoms with van der Waals surface area (Å²) in [5, 5.41) is 0.639. The fourth-order valence-electron chi connectivity index (χ4n) is 4.71. The normalized spacial score (nSPS) is 21.1. The summed E-state index contributed by atoms with van der Waals surface area (Å²) in [4.78, 5) is 15.1. The minimum Gasteiger partial charge on any atom is -0.295 e. The number of carbonyl (C=O) groups is 1. The number of halogens is 1. The maximum Gasteiger partial charge on any atom is 0.214 e. The van der Waals surface area contributed by atoms with Crippen molar-refractivity contribution >= 4 is 27.4 Å². The van der Waals surface area contributed by atoms with Crippen LogP contribution in [0.25, 0.3) is 0 Å². The van der Waals surface area contributed by atoms with Crippen LogP contribution in [-0.2, 0) is 10.0 Å². The van der Waals surface area contributed by atoms with Crippen LogP contribution in [0.4, 0.5) is 0 Å². The van der Waals surface area contributed by atoms with Crippen molar-refractivity contribution in [3.8, 4) is 0 Å². The molecule has 1 aromatic carbocycles. The van der Waals surface area contributed by atoms with E-state index in [1.807, 2.05) is 6.92 Å². The monoisotopic (exact) mass is 426 g/mol.